The van der Waals surface area contributed by atoms with Crippen LogP contribution in [0.2, 0.25) is 0 Å². The van der Waals surface area contributed by atoms with Crippen LogP contribution < -0.4 is 0 Å². The van der Waals surface area contributed by atoms with Gasteiger partial charge in [0.05, 0.1) is 0 Å². The van der Waals surface area contributed by atoms with Crippen molar-refractivity contribution < 1.29 is 19.4 Å². The molecule has 0 spiro atoms. The largest absolute Gasteiger partial charge is 0.481 e. The van der Waals surface area contributed by atoms with Crippen molar-refractivity contribution in [2.24, 2.45) is 0 Å². The highest BCUT2D eigenvalue weighted by Gasteiger charge is 2.11. The summed E-state index contributed by atoms with van der Waals surface area (Å²) in [5.41, 5.74) is 0. The van der Waals surface area contributed by atoms with Gasteiger partial charge >= 0.3 is 11.9 Å². The lowest BCUT2D eigenvalue weighted by atomic mass is 10.0. The van der Waals surface area contributed by atoms with E-state index in [2.05, 4.69) is 50.3 Å². The van der Waals surface area contributed by atoms with Gasteiger partial charge in [-0.15, -0.1) is 0 Å². The van der Waals surface area contributed by atoms with Crippen molar-refractivity contribution in [3.05, 3.63) is 36.5 Å². The van der Waals surface area contributed by atoms with Crippen LogP contribution in [0.15, 0.2) is 36.5 Å². The van der Waals surface area contributed by atoms with E-state index in [0.29, 0.717) is 6.42 Å². The lowest BCUT2D eigenvalue weighted by Gasteiger charge is -2.14. The zero-order valence-electron chi connectivity index (χ0n) is 29.9. The van der Waals surface area contributed by atoms with Crippen molar-refractivity contribution in [2.45, 2.75) is 213 Å². The number of aliphatic carboxylic acids is 1. The predicted molar refractivity (Wildman–Crippen MR) is 195 cm³/mol. The van der Waals surface area contributed by atoms with Crippen molar-refractivity contribution in [1.29, 1.82) is 0 Å². The molecule has 0 amide bonds. The molecule has 0 saturated heterocycles. The fourth-order valence-electron chi connectivity index (χ4n) is 5.70. The topological polar surface area (TPSA) is 63.6 Å². The number of rotatable bonds is 35. The monoisotopic (exact) mass is 631 g/mol. The molecule has 1 N–H and O–H groups in total. The van der Waals surface area contributed by atoms with Gasteiger partial charge in [-0.1, -0.05) is 173 Å². The zero-order chi connectivity index (χ0) is 32.9. The van der Waals surface area contributed by atoms with Crippen LogP contribution in [0.3, 0.4) is 0 Å². The van der Waals surface area contributed by atoms with E-state index in [1.165, 1.54) is 116 Å². The van der Waals surface area contributed by atoms with Crippen LogP contribution in [0.1, 0.15) is 206 Å². The van der Waals surface area contributed by atoms with E-state index in [0.717, 1.165) is 64.2 Å². The first kappa shape index (κ1) is 43.2. The molecule has 0 aliphatic carbocycles. The number of carbonyl (C=O) groups excluding carboxylic acids is 1. The minimum absolute atomic E-state index is 0.0692. The third-order valence-corrected chi connectivity index (χ3v) is 8.60. The molecule has 0 aliphatic rings. The van der Waals surface area contributed by atoms with E-state index >= 15 is 0 Å². The average molecular weight is 631 g/mol. The standard InChI is InChI=1S/C41H74O4/c1-3-5-7-9-11-13-15-16-17-18-19-21-23-25-30-34-38-41(44)45-39(36-32-28-26-29-33-37-40(42)43)35-31-27-24-22-20-14-12-10-8-6-4-2/h12,14,22,24,31,35,39H,3-11,13,15-21,23,25-30,32-34,36-38H2,1-2H3,(H,42,43)/b14-12-,24-22-,35-31-. The van der Waals surface area contributed by atoms with Gasteiger partial charge in [0.15, 0.2) is 0 Å². The summed E-state index contributed by atoms with van der Waals surface area (Å²) >= 11 is 0. The van der Waals surface area contributed by atoms with E-state index in [4.69, 9.17) is 9.84 Å². The number of carboxylic acid groups (broad SMARTS) is 1. The fourth-order valence-corrected chi connectivity index (χ4v) is 5.70. The molecule has 45 heavy (non-hydrogen) atoms. The number of hydrogen-bond acceptors (Lipinski definition) is 3. The molecule has 0 aromatic carbocycles. The van der Waals surface area contributed by atoms with Crippen LogP contribution in [0.5, 0.6) is 0 Å². The van der Waals surface area contributed by atoms with Gasteiger partial charge in [0, 0.05) is 12.8 Å². The lowest BCUT2D eigenvalue weighted by Crippen LogP contribution is -2.16. The summed E-state index contributed by atoms with van der Waals surface area (Å²) in [4.78, 5) is 23.3. The summed E-state index contributed by atoms with van der Waals surface area (Å²) in [6.07, 6.45) is 47.4. The summed E-state index contributed by atoms with van der Waals surface area (Å²) < 4.78 is 5.89. The molecule has 0 aliphatic heterocycles. The zero-order valence-corrected chi connectivity index (χ0v) is 29.9. The van der Waals surface area contributed by atoms with Crippen LogP contribution in [0, 0.1) is 0 Å². The Morgan fingerprint density at radius 2 is 0.933 bits per heavy atom. The molecule has 0 heterocycles. The Morgan fingerprint density at radius 3 is 1.47 bits per heavy atom. The maximum absolute atomic E-state index is 12.6. The molecule has 1 unspecified atom stereocenters. The summed E-state index contributed by atoms with van der Waals surface area (Å²) in [5, 5.41) is 8.80. The SMILES string of the molecule is CCCCC/C=C\C/C=C\C/C=C\C(CCCCCCCC(=O)O)OC(=O)CCCCCCCCCCCCCCCCCC. The summed E-state index contributed by atoms with van der Waals surface area (Å²) in [5.74, 6) is -0.784. The average Bonchev–Trinajstić information content (AvgIpc) is 3.02. The second-order valence-electron chi connectivity index (χ2n) is 13.1. The van der Waals surface area contributed by atoms with Gasteiger partial charge in [0.1, 0.15) is 6.10 Å². The van der Waals surface area contributed by atoms with Gasteiger partial charge < -0.3 is 9.84 Å². The molecule has 4 nitrogen and oxygen atoms in total. The second kappa shape index (κ2) is 36.6. The summed E-state index contributed by atoms with van der Waals surface area (Å²) in [6, 6.07) is 0. The van der Waals surface area contributed by atoms with Crippen LogP contribution >= 0.6 is 0 Å². The highest BCUT2D eigenvalue weighted by molar-refractivity contribution is 5.69. The third-order valence-electron chi connectivity index (χ3n) is 8.60. The molecule has 0 bridgehead atoms. The van der Waals surface area contributed by atoms with Crippen LogP contribution in [-0.2, 0) is 14.3 Å². The maximum Gasteiger partial charge on any atom is 0.306 e. The summed E-state index contributed by atoms with van der Waals surface area (Å²) in [6.45, 7) is 4.52. The Bertz CT molecular complexity index is 723. The summed E-state index contributed by atoms with van der Waals surface area (Å²) in [7, 11) is 0. The quantitative estimate of drug-likeness (QED) is 0.0430. The number of carbonyl (C=O) groups is 2. The normalized spacial score (nSPS) is 12.6. The van der Waals surface area contributed by atoms with Crippen LogP contribution in [0.4, 0.5) is 0 Å². The third kappa shape index (κ3) is 36.5. The Labute approximate surface area is 279 Å². The number of hydrogen-bond donors (Lipinski definition) is 1. The molecule has 0 fully saturated rings. The van der Waals surface area contributed by atoms with Gasteiger partial charge in [-0.25, -0.2) is 0 Å². The molecule has 0 aromatic rings. The number of unbranched alkanes of at least 4 members (excludes halogenated alkanes) is 22. The number of esters is 1. The number of ether oxygens (including phenoxy) is 1. The molecule has 0 aromatic heterocycles. The van der Waals surface area contributed by atoms with Crippen molar-refractivity contribution in [3.8, 4) is 0 Å². The predicted octanol–water partition coefficient (Wildman–Crippen LogP) is 13.4. The lowest BCUT2D eigenvalue weighted by molar-refractivity contribution is -0.147. The van der Waals surface area contributed by atoms with Crippen LogP contribution in [0.25, 0.3) is 0 Å². The van der Waals surface area contributed by atoms with E-state index < -0.39 is 5.97 Å². The molecular weight excluding hydrogens is 556 g/mol. The van der Waals surface area contributed by atoms with Gasteiger partial charge in [0.25, 0.3) is 0 Å². The first-order valence-electron chi connectivity index (χ1n) is 19.5. The highest BCUT2D eigenvalue weighted by atomic mass is 16.5. The van der Waals surface area contributed by atoms with E-state index in [9.17, 15) is 9.59 Å². The number of allylic oxidation sites excluding steroid dienone is 5. The first-order valence-corrected chi connectivity index (χ1v) is 19.5. The Balaban J connectivity index is 4.10. The minimum Gasteiger partial charge on any atom is -0.481 e. The van der Waals surface area contributed by atoms with Gasteiger partial charge in [-0.3, -0.25) is 9.59 Å². The van der Waals surface area contributed by atoms with Crippen molar-refractivity contribution in [2.75, 3.05) is 0 Å². The molecule has 0 rings (SSSR count). The second-order valence-corrected chi connectivity index (χ2v) is 13.1. The Hall–Kier alpha value is -1.84. The first-order chi connectivity index (χ1) is 22.1. The number of carboxylic acids is 1. The fraction of sp³-hybridized carbons (Fsp3) is 0.805. The Morgan fingerprint density at radius 1 is 0.511 bits per heavy atom. The van der Waals surface area contributed by atoms with E-state index in [1.807, 2.05) is 0 Å². The highest BCUT2D eigenvalue weighted by Crippen LogP contribution is 2.16. The van der Waals surface area contributed by atoms with Crippen molar-refractivity contribution in [3.63, 3.8) is 0 Å². The maximum atomic E-state index is 12.6. The molecule has 0 radical (unpaired) electrons. The molecule has 4 heteroatoms. The van der Waals surface area contributed by atoms with Crippen LogP contribution in [-0.4, -0.2) is 23.1 Å². The molecular formula is C41H74O4. The van der Waals surface area contributed by atoms with E-state index in [-0.39, 0.29) is 18.5 Å². The minimum atomic E-state index is -0.714. The molecule has 0 saturated carbocycles. The van der Waals surface area contributed by atoms with Gasteiger partial charge in [-0.2, -0.15) is 0 Å². The molecule has 1 atom stereocenters. The van der Waals surface area contributed by atoms with Gasteiger partial charge in [0.2, 0.25) is 0 Å². The van der Waals surface area contributed by atoms with Gasteiger partial charge in [-0.05, 0) is 57.4 Å². The smallest absolute Gasteiger partial charge is 0.306 e. The van der Waals surface area contributed by atoms with Crippen molar-refractivity contribution in [1.82, 2.24) is 0 Å². The Kier molecular flexibility index (Phi) is 35.1. The molecule has 262 valence electrons. The van der Waals surface area contributed by atoms with E-state index in [1.54, 1.807) is 0 Å². The van der Waals surface area contributed by atoms with Crippen molar-refractivity contribution >= 4 is 11.9 Å².